The average Bonchev–Trinajstić information content (AvgIpc) is 3.50. The zero-order chi connectivity index (χ0) is 31.0. The lowest BCUT2D eigenvalue weighted by molar-refractivity contribution is 0.481. The van der Waals surface area contributed by atoms with Gasteiger partial charge in [-0.1, -0.05) is 60.7 Å². The second kappa shape index (κ2) is 9.92. The van der Waals surface area contributed by atoms with Crippen molar-refractivity contribution >= 4 is 42.2 Å². The molecular formula is C33H28O8S2. The van der Waals surface area contributed by atoms with E-state index in [2.05, 4.69) is 0 Å². The summed E-state index contributed by atoms with van der Waals surface area (Å²) in [6.45, 7) is 8.72. The number of aryl methyl sites for hydroxylation is 5. The lowest BCUT2D eigenvalue weighted by atomic mass is 9.99. The van der Waals surface area contributed by atoms with Crippen molar-refractivity contribution in [3.8, 4) is 33.8 Å². The van der Waals surface area contributed by atoms with E-state index in [4.69, 9.17) is 8.83 Å². The van der Waals surface area contributed by atoms with Crippen LogP contribution in [0.15, 0.2) is 85.4 Å². The van der Waals surface area contributed by atoms with Crippen LogP contribution in [0.5, 0.6) is 0 Å². The van der Waals surface area contributed by atoms with Gasteiger partial charge < -0.3 is 8.83 Å². The minimum Gasteiger partial charge on any atom is -0.456 e. The van der Waals surface area contributed by atoms with E-state index in [0.29, 0.717) is 50.1 Å². The first-order valence-corrected chi connectivity index (χ1v) is 16.3. The van der Waals surface area contributed by atoms with Gasteiger partial charge in [0.25, 0.3) is 20.2 Å². The highest BCUT2D eigenvalue weighted by Gasteiger charge is 2.26. The maximum absolute atomic E-state index is 12.2. The Morgan fingerprint density at radius 1 is 0.535 bits per heavy atom. The van der Waals surface area contributed by atoms with Crippen molar-refractivity contribution < 1.29 is 34.8 Å². The highest BCUT2D eigenvalue weighted by Crippen LogP contribution is 2.40. The van der Waals surface area contributed by atoms with Crippen LogP contribution in [0.3, 0.4) is 0 Å². The first-order valence-electron chi connectivity index (χ1n) is 13.4. The lowest BCUT2D eigenvalue weighted by Gasteiger charge is -2.06. The van der Waals surface area contributed by atoms with Crippen molar-refractivity contribution in [3.05, 3.63) is 94.5 Å². The Morgan fingerprint density at radius 2 is 1.00 bits per heavy atom. The molecule has 0 bridgehead atoms. The standard InChI is InChI=1S/C33H28O8S2/c1-17-14-19(3)32(42(34,35)36)26-16-27(40-29(17)26)24-10-6-22(7-11-24)23-8-12-25(13-9-23)31-21(5)28-30(41-31)18(2)15-20(4)33(28)43(37,38)39/h6-16H,1-5H3,(H,34,35,36)(H,37,38,39). The molecule has 0 atom stereocenters. The van der Waals surface area contributed by atoms with E-state index < -0.39 is 20.2 Å². The minimum absolute atomic E-state index is 0.138. The number of furan rings is 2. The van der Waals surface area contributed by atoms with Crippen LogP contribution in [0.1, 0.15) is 27.8 Å². The summed E-state index contributed by atoms with van der Waals surface area (Å²) >= 11 is 0. The van der Waals surface area contributed by atoms with Gasteiger partial charge in [0, 0.05) is 27.5 Å². The van der Waals surface area contributed by atoms with Crippen LogP contribution in [0, 0.1) is 34.6 Å². The van der Waals surface area contributed by atoms with E-state index in [1.807, 2.05) is 62.4 Å². The Morgan fingerprint density at radius 3 is 1.53 bits per heavy atom. The summed E-state index contributed by atoms with van der Waals surface area (Å²) in [5.41, 5.74) is 7.25. The van der Waals surface area contributed by atoms with Gasteiger partial charge in [-0.05, 0) is 74.1 Å². The molecular weight excluding hydrogens is 588 g/mol. The van der Waals surface area contributed by atoms with Crippen LogP contribution in [-0.2, 0) is 20.2 Å². The zero-order valence-electron chi connectivity index (χ0n) is 24.0. The van der Waals surface area contributed by atoms with E-state index in [1.54, 1.807) is 39.0 Å². The van der Waals surface area contributed by atoms with E-state index in [1.165, 1.54) is 0 Å². The Labute approximate surface area is 249 Å². The normalized spacial score (nSPS) is 12.4. The molecule has 0 aliphatic heterocycles. The average molecular weight is 617 g/mol. The quantitative estimate of drug-likeness (QED) is 0.185. The third-order valence-electron chi connectivity index (χ3n) is 7.81. The highest BCUT2D eigenvalue weighted by atomic mass is 32.2. The molecule has 0 fully saturated rings. The van der Waals surface area contributed by atoms with Crippen molar-refractivity contribution in [2.75, 3.05) is 0 Å². The SMILES string of the molecule is Cc1cc(C)c2oc(-c3ccc(-c4ccc(-c5oc6c(C)cc(C)c(S(=O)(=O)O)c6c5C)cc4)cc3)cc2c1S(=O)(=O)O. The van der Waals surface area contributed by atoms with Gasteiger partial charge in [-0.3, -0.25) is 9.11 Å². The predicted octanol–water partition coefficient (Wildman–Crippen LogP) is 8.22. The van der Waals surface area contributed by atoms with Crippen LogP contribution in [0.2, 0.25) is 0 Å². The Balaban J connectivity index is 1.35. The lowest BCUT2D eigenvalue weighted by Crippen LogP contribution is -2.02. The van der Waals surface area contributed by atoms with Gasteiger partial charge in [-0.25, -0.2) is 0 Å². The number of hydrogen-bond acceptors (Lipinski definition) is 6. The maximum atomic E-state index is 12.2. The molecule has 43 heavy (non-hydrogen) atoms. The molecule has 0 saturated carbocycles. The molecule has 4 aromatic carbocycles. The summed E-state index contributed by atoms with van der Waals surface area (Å²) in [6, 6.07) is 20.3. The van der Waals surface area contributed by atoms with Crippen molar-refractivity contribution in [1.82, 2.24) is 0 Å². The molecule has 2 N–H and O–H groups in total. The fourth-order valence-corrected chi connectivity index (χ4v) is 7.84. The van der Waals surface area contributed by atoms with E-state index >= 15 is 0 Å². The van der Waals surface area contributed by atoms with Crippen molar-refractivity contribution in [1.29, 1.82) is 0 Å². The summed E-state index contributed by atoms with van der Waals surface area (Å²) in [7, 11) is -8.90. The van der Waals surface area contributed by atoms with Crippen LogP contribution in [0.4, 0.5) is 0 Å². The number of rotatable bonds is 5. The second-order valence-corrected chi connectivity index (χ2v) is 13.6. The number of hydrogen-bond donors (Lipinski definition) is 2. The molecule has 6 aromatic rings. The highest BCUT2D eigenvalue weighted by molar-refractivity contribution is 7.86. The zero-order valence-corrected chi connectivity index (χ0v) is 25.6. The molecule has 10 heteroatoms. The van der Waals surface area contributed by atoms with Crippen LogP contribution in [0.25, 0.3) is 55.7 Å². The molecule has 0 unspecified atom stereocenters. The predicted molar refractivity (Wildman–Crippen MR) is 166 cm³/mol. The molecule has 0 aliphatic rings. The fourth-order valence-electron chi connectivity index (χ4n) is 5.97. The molecule has 2 aromatic heterocycles. The van der Waals surface area contributed by atoms with Crippen LogP contribution >= 0.6 is 0 Å². The van der Waals surface area contributed by atoms with Gasteiger partial charge >= 0.3 is 0 Å². The topological polar surface area (TPSA) is 135 Å². The number of fused-ring (bicyclic) bond motifs is 2. The van der Waals surface area contributed by atoms with Crippen LogP contribution in [-0.4, -0.2) is 25.9 Å². The van der Waals surface area contributed by atoms with Gasteiger partial charge in [-0.2, -0.15) is 16.8 Å². The Bertz CT molecular complexity index is 2310. The van der Waals surface area contributed by atoms with Gasteiger partial charge in [0.1, 0.15) is 32.5 Å². The van der Waals surface area contributed by atoms with Crippen molar-refractivity contribution in [2.24, 2.45) is 0 Å². The first-order chi connectivity index (χ1) is 20.1. The molecule has 8 nitrogen and oxygen atoms in total. The maximum Gasteiger partial charge on any atom is 0.295 e. The summed E-state index contributed by atoms with van der Waals surface area (Å²) in [6.07, 6.45) is 0. The van der Waals surface area contributed by atoms with Gasteiger partial charge in [0.2, 0.25) is 0 Å². The Hall–Kier alpha value is -4.22. The molecule has 0 radical (unpaired) electrons. The van der Waals surface area contributed by atoms with Gasteiger partial charge in [0.05, 0.1) is 0 Å². The molecule has 0 aliphatic carbocycles. The second-order valence-electron chi connectivity index (χ2n) is 10.9. The van der Waals surface area contributed by atoms with Crippen molar-refractivity contribution in [3.63, 3.8) is 0 Å². The van der Waals surface area contributed by atoms with Gasteiger partial charge in [-0.15, -0.1) is 0 Å². The molecule has 0 spiro atoms. The van der Waals surface area contributed by atoms with E-state index in [9.17, 15) is 25.9 Å². The third-order valence-corrected chi connectivity index (χ3v) is 9.91. The minimum atomic E-state index is -4.46. The fraction of sp³-hybridized carbons (Fsp3) is 0.152. The molecule has 220 valence electrons. The smallest absolute Gasteiger partial charge is 0.295 e. The van der Waals surface area contributed by atoms with Crippen molar-refractivity contribution in [2.45, 2.75) is 44.4 Å². The molecule has 0 saturated heterocycles. The molecule has 6 rings (SSSR count). The summed E-state index contributed by atoms with van der Waals surface area (Å²) in [5, 5.41) is 0.721. The first kappa shape index (κ1) is 28.9. The monoisotopic (exact) mass is 616 g/mol. The Kier molecular flexibility index (Phi) is 6.66. The van der Waals surface area contributed by atoms with Gasteiger partial charge in [0.15, 0.2) is 0 Å². The van der Waals surface area contributed by atoms with Crippen LogP contribution < -0.4 is 0 Å². The largest absolute Gasteiger partial charge is 0.456 e. The summed E-state index contributed by atoms with van der Waals surface area (Å²) in [4.78, 5) is -0.291. The summed E-state index contributed by atoms with van der Waals surface area (Å²) in [5.74, 6) is 1.00. The summed E-state index contributed by atoms with van der Waals surface area (Å²) < 4.78 is 80.4. The van der Waals surface area contributed by atoms with E-state index in [-0.39, 0.29) is 9.79 Å². The van der Waals surface area contributed by atoms with E-state index in [0.717, 1.165) is 33.4 Å². The number of benzene rings is 4. The molecule has 0 amide bonds. The third kappa shape index (κ3) is 4.86. The molecule has 2 heterocycles.